The number of aliphatic hydroxyl groups is 1. The Labute approximate surface area is 161 Å². The third-order valence-electron chi connectivity index (χ3n) is 5.07. The van der Waals surface area contributed by atoms with Crippen molar-refractivity contribution >= 4 is 29.7 Å². The molecule has 0 bridgehead atoms. The van der Waals surface area contributed by atoms with Crippen LogP contribution in [-0.4, -0.2) is 40.9 Å². The number of carbonyl (C=O) groups excluding carboxylic acids is 1. The molecule has 2 heterocycles. The highest BCUT2D eigenvalue weighted by atomic mass is 35.5. The van der Waals surface area contributed by atoms with E-state index in [0.717, 1.165) is 34.5 Å². The van der Waals surface area contributed by atoms with Gasteiger partial charge in [0.15, 0.2) is 6.17 Å². The maximum Gasteiger partial charge on any atom is 0.240 e. The Bertz CT molecular complexity index is 794. The van der Waals surface area contributed by atoms with Crippen molar-refractivity contribution in [1.82, 2.24) is 15.6 Å². The lowest BCUT2D eigenvalue weighted by Gasteiger charge is -2.22. The van der Waals surface area contributed by atoms with Crippen molar-refractivity contribution in [2.75, 3.05) is 6.54 Å². The number of hydrogen-bond donors (Lipinski definition) is 3. The monoisotopic (exact) mass is 397 g/mol. The lowest BCUT2D eigenvalue weighted by molar-refractivity contribution is -0.125. The Hall–Kier alpha value is -1.54. The maximum absolute atomic E-state index is 13.9. The number of β-amino-alcohol motifs (C(OH)–C–C–N with tert-alkyl or cyclic N) is 1. The first-order valence-electron chi connectivity index (χ1n) is 8.39. The summed E-state index contributed by atoms with van der Waals surface area (Å²) in [7, 11) is 0. The Kier molecular flexibility index (Phi) is 5.35. The number of alkyl halides is 1. The number of benzene rings is 1. The largest absolute Gasteiger partial charge is 0.389 e. The number of thiazole rings is 1. The van der Waals surface area contributed by atoms with E-state index in [1.807, 2.05) is 36.7 Å². The fourth-order valence-electron chi connectivity index (χ4n) is 3.38. The number of nitrogens with one attached hydrogen (secondary N) is 2. The van der Waals surface area contributed by atoms with Crippen LogP contribution in [0.3, 0.4) is 0 Å². The molecule has 26 heavy (non-hydrogen) atoms. The summed E-state index contributed by atoms with van der Waals surface area (Å²) in [6.07, 6.45) is -1.01. The van der Waals surface area contributed by atoms with Gasteiger partial charge in [-0.2, -0.15) is 0 Å². The van der Waals surface area contributed by atoms with Crippen molar-refractivity contribution < 1.29 is 14.3 Å². The molecule has 2 fully saturated rings. The molecule has 3 N–H and O–H groups in total. The van der Waals surface area contributed by atoms with Gasteiger partial charge in [0, 0.05) is 6.54 Å². The molecule has 140 valence electrons. The molecule has 1 aromatic heterocycles. The van der Waals surface area contributed by atoms with Gasteiger partial charge < -0.3 is 15.7 Å². The molecule has 8 heteroatoms. The van der Waals surface area contributed by atoms with Crippen LogP contribution >= 0.6 is 23.7 Å². The van der Waals surface area contributed by atoms with Crippen LogP contribution in [0.25, 0.3) is 10.4 Å². The number of aliphatic hydroxyl groups excluding tert-OH is 1. The summed E-state index contributed by atoms with van der Waals surface area (Å²) in [6, 6.07) is 7.14. The topological polar surface area (TPSA) is 74.2 Å². The first kappa shape index (κ1) is 19.2. The third kappa shape index (κ3) is 3.36. The molecule has 1 saturated carbocycles. The van der Waals surface area contributed by atoms with Crippen LogP contribution in [0.2, 0.25) is 0 Å². The van der Waals surface area contributed by atoms with E-state index >= 15 is 0 Å². The molecule has 2 aromatic rings. The molecule has 2 aliphatic rings. The van der Waals surface area contributed by atoms with Gasteiger partial charge in [-0.25, -0.2) is 9.37 Å². The number of hydrogen-bond acceptors (Lipinski definition) is 5. The highest BCUT2D eigenvalue weighted by molar-refractivity contribution is 7.13. The summed E-state index contributed by atoms with van der Waals surface area (Å²) in [6.45, 7) is 2.09. The van der Waals surface area contributed by atoms with Crippen molar-refractivity contribution in [2.45, 2.75) is 43.6 Å². The number of aromatic nitrogens is 1. The van der Waals surface area contributed by atoms with Gasteiger partial charge in [-0.1, -0.05) is 24.3 Å². The van der Waals surface area contributed by atoms with Gasteiger partial charge in [-0.05, 0) is 30.9 Å². The zero-order valence-corrected chi connectivity index (χ0v) is 15.9. The molecule has 1 saturated heterocycles. The van der Waals surface area contributed by atoms with Crippen LogP contribution in [0.1, 0.15) is 24.1 Å². The second kappa shape index (κ2) is 7.23. The number of amides is 1. The number of aryl methyl sites for hydroxylation is 1. The van der Waals surface area contributed by atoms with E-state index in [2.05, 4.69) is 15.6 Å². The number of halogens is 2. The fourth-order valence-corrected chi connectivity index (χ4v) is 4.19. The van der Waals surface area contributed by atoms with Gasteiger partial charge in [0.2, 0.25) is 5.91 Å². The van der Waals surface area contributed by atoms with E-state index in [0.29, 0.717) is 0 Å². The molecule has 0 radical (unpaired) electrons. The van der Waals surface area contributed by atoms with Crippen LogP contribution < -0.4 is 10.6 Å². The van der Waals surface area contributed by atoms with Crippen LogP contribution in [0.15, 0.2) is 29.8 Å². The lowest BCUT2D eigenvalue weighted by atomic mass is 10.0. The SMILES string of the molecule is Cc1ncsc1-c1ccc(C2(NC(=O)[C@H]3NC[C@H](O)[C@@H]3F)CC2)cc1.Cl. The summed E-state index contributed by atoms with van der Waals surface area (Å²) >= 11 is 1.61. The smallest absolute Gasteiger partial charge is 0.240 e. The fraction of sp³-hybridized carbons (Fsp3) is 0.444. The van der Waals surface area contributed by atoms with Gasteiger partial charge in [-0.3, -0.25) is 4.79 Å². The molecule has 1 amide bonds. The zero-order chi connectivity index (χ0) is 17.6. The zero-order valence-electron chi connectivity index (χ0n) is 14.2. The second-order valence-corrected chi connectivity index (χ2v) is 7.67. The predicted octanol–water partition coefficient (Wildman–Crippen LogP) is 2.32. The summed E-state index contributed by atoms with van der Waals surface area (Å²) in [5, 5.41) is 15.2. The van der Waals surface area contributed by atoms with E-state index in [9.17, 15) is 14.3 Å². The predicted molar refractivity (Wildman–Crippen MR) is 101 cm³/mol. The minimum Gasteiger partial charge on any atom is -0.389 e. The minimum absolute atomic E-state index is 0. The Morgan fingerprint density at radius 3 is 2.58 bits per heavy atom. The quantitative estimate of drug-likeness (QED) is 0.740. The summed E-state index contributed by atoms with van der Waals surface area (Å²) in [5.41, 5.74) is 4.56. The van der Waals surface area contributed by atoms with E-state index in [1.54, 1.807) is 11.3 Å². The van der Waals surface area contributed by atoms with Crippen LogP contribution in [0.5, 0.6) is 0 Å². The standard InChI is InChI=1S/C18H20FN3O2S.ClH/c1-10-16(25-9-21-10)11-2-4-12(5-3-11)18(6-7-18)22-17(24)15-14(19)13(23)8-20-15;/h2-5,9,13-15,20,23H,6-8H2,1H3,(H,22,24);1H/t13-,14-,15-;/m0./s1. The Balaban J connectivity index is 0.00000196. The average Bonchev–Trinajstić information content (AvgIpc) is 3.13. The van der Waals surface area contributed by atoms with Crippen LogP contribution in [-0.2, 0) is 10.3 Å². The van der Waals surface area contributed by atoms with E-state index in [4.69, 9.17) is 0 Å². The van der Waals surface area contributed by atoms with E-state index < -0.39 is 23.9 Å². The molecule has 5 nitrogen and oxygen atoms in total. The highest BCUT2D eigenvalue weighted by Gasteiger charge is 2.49. The van der Waals surface area contributed by atoms with Crippen molar-refractivity contribution in [2.24, 2.45) is 0 Å². The molecule has 1 aliphatic heterocycles. The lowest BCUT2D eigenvalue weighted by Crippen LogP contribution is -2.49. The van der Waals surface area contributed by atoms with Gasteiger partial charge >= 0.3 is 0 Å². The molecule has 0 unspecified atom stereocenters. The van der Waals surface area contributed by atoms with Gasteiger partial charge in [0.25, 0.3) is 0 Å². The molecule has 4 rings (SSSR count). The molecular weight excluding hydrogens is 377 g/mol. The number of rotatable bonds is 4. The van der Waals surface area contributed by atoms with Crippen LogP contribution in [0, 0.1) is 6.92 Å². The first-order chi connectivity index (χ1) is 12.0. The summed E-state index contributed by atoms with van der Waals surface area (Å²) < 4.78 is 13.9. The Morgan fingerprint density at radius 2 is 2.08 bits per heavy atom. The van der Waals surface area contributed by atoms with Crippen molar-refractivity contribution in [3.63, 3.8) is 0 Å². The van der Waals surface area contributed by atoms with Gasteiger partial charge in [-0.15, -0.1) is 23.7 Å². The number of nitrogens with zero attached hydrogens (tertiary/aromatic N) is 1. The van der Waals surface area contributed by atoms with Gasteiger partial charge in [0.05, 0.1) is 27.7 Å². The van der Waals surface area contributed by atoms with E-state index in [1.165, 1.54) is 0 Å². The maximum atomic E-state index is 13.9. The molecule has 3 atom stereocenters. The third-order valence-corrected chi connectivity index (χ3v) is 6.05. The molecule has 1 aliphatic carbocycles. The molecule has 1 aromatic carbocycles. The normalized spacial score (nSPS) is 26.2. The van der Waals surface area contributed by atoms with Crippen LogP contribution in [0.4, 0.5) is 4.39 Å². The summed E-state index contributed by atoms with van der Waals surface area (Å²) in [4.78, 5) is 17.8. The summed E-state index contributed by atoms with van der Waals surface area (Å²) in [5.74, 6) is -0.385. The average molecular weight is 398 g/mol. The van der Waals surface area contributed by atoms with E-state index in [-0.39, 0.29) is 24.9 Å². The van der Waals surface area contributed by atoms with Crippen molar-refractivity contribution in [3.05, 3.63) is 41.0 Å². The molecular formula is C18H21ClFN3O2S. The first-order valence-corrected chi connectivity index (χ1v) is 9.27. The number of carbonyl (C=O) groups is 1. The minimum atomic E-state index is -1.56. The van der Waals surface area contributed by atoms with Crippen molar-refractivity contribution in [3.8, 4) is 10.4 Å². The Morgan fingerprint density at radius 1 is 1.38 bits per heavy atom. The van der Waals surface area contributed by atoms with Gasteiger partial charge in [0.1, 0.15) is 6.04 Å². The van der Waals surface area contributed by atoms with Crippen molar-refractivity contribution in [1.29, 1.82) is 0 Å². The highest BCUT2D eigenvalue weighted by Crippen LogP contribution is 2.46. The second-order valence-electron chi connectivity index (χ2n) is 6.81. The molecule has 0 spiro atoms.